The Hall–Kier alpha value is -2.05. The molecule has 0 bridgehead atoms. The molecule has 2 N–H and O–H groups in total. The van der Waals surface area contributed by atoms with Crippen LogP contribution >= 0.6 is 11.3 Å². The maximum atomic E-state index is 11.9. The van der Waals surface area contributed by atoms with Crippen molar-refractivity contribution in [1.82, 2.24) is 20.3 Å². The van der Waals surface area contributed by atoms with Crippen LogP contribution in [0.4, 0.5) is 0 Å². The van der Waals surface area contributed by atoms with E-state index in [2.05, 4.69) is 20.3 Å². The largest absolute Gasteiger partial charge is 0.309 e. The van der Waals surface area contributed by atoms with E-state index in [1.54, 1.807) is 17.4 Å². The molecule has 0 radical (unpaired) electrons. The van der Waals surface area contributed by atoms with Crippen molar-refractivity contribution in [3.63, 3.8) is 0 Å². The molecule has 0 amide bonds. The second kappa shape index (κ2) is 5.52. The smallest absolute Gasteiger partial charge is 0.258 e. The molecule has 0 saturated carbocycles. The lowest BCUT2D eigenvalue weighted by Gasteiger charge is -2.04. The number of nitrogens with zero attached hydrogens (tertiary/aromatic N) is 2. The molecule has 3 aromatic rings. The summed E-state index contributed by atoms with van der Waals surface area (Å²) in [4.78, 5) is 23.5. The molecule has 0 fully saturated rings. The van der Waals surface area contributed by atoms with Crippen molar-refractivity contribution in [3.05, 3.63) is 56.5 Å². The van der Waals surface area contributed by atoms with Crippen LogP contribution in [-0.2, 0) is 13.1 Å². The number of rotatable bonds is 4. The van der Waals surface area contributed by atoms with Gasteiger partial charge in [-0.3, -0.25) is 4.79 Å². The Morgan fingerprint density at radius 2 is 2.10 bits per heavy atom. The first-order valence-corrected chi connectivity index (χ1v) is 7.20. The molecule has 0 unspecified atom stereocenters. The number of nitrogens with one attached hydrogen (secondary N) is 2. The van der Waals surface area contributed by atoms with E-state index in [0.717, 1.165) is 16.2 Å². The number of hydrogen-bond donors (Lipinski definition) is 2. The molecular weight excluding hydrogens is 272 g/mol. The normalized spacial score (nSPS) is 11.1. The molecule has 0 aliphatic rings. The molecule has 0 saturated heterocycles. The summed E-state index contributed by atoms with van der Waals surface area (Å²) < 4.78 is 0. The summed E-state index contributed by atoms with van der Waals surface area (Å²) >= 11 is 1.62. The first-order valence-electron chi connectivity index (χ1n) is 6.32. The van der Waals surface area contributed by atoms with Gasteiger partial charge in [-0.1, -0.05) is 12.1 Å². The zero-order valence-corrected chi connectivity index (χ0v) is 11.8. The Bertz CT molecular complexity index is 793. The molecular formula is C14H14N4OS. The molecule has 102 valence electrons. The lowest BCUT2D eigenvalue weighted by atomic mass is 10.2. The minimum absolute atomic E-state index is 0.0995. The zero-order chi connectivity index (χ0) is 13.9. The fourth-order valence-electron chi connectivity index (χ4n) is 1.99. The van der Waals surface area contributed by atoms with Crippen LogP contribution in [0, 0.1) is 6.92 Å². The quantitative estimate of drug-likeness (QED) is 0.769. The van der Waals surface area contributed by atoms with Crippen molar-refractivity contribution in [3.8, 4) is 0 Å². The maximum Gasteiger partial charge on any atom is 0.258 e. The van der Waals surface area contributed by atoms with Gasteiger partial charge in [0.2, 0.25) is 0 Å². The fourth-order valence-corrected chi connectivity index (χ4v) is 2.73. The van der Waals surface area contributed by atoms with E-state index < -0.39 is 0 Å². The standard InChI is InChI=1S/C14H14N4OS/c1-9-8-20-13(16-9)7-15-6-12-17-11-5-3-2-4-10(11)14(19)18-12/h2-5,8,15H,6-7H2,1H3,(H,17,18,19). The maximum absolute atomic E-state index is 11.9. The molecule has 0 atom stereocenters. The lowest BCUT2D eigenvalue weighted by Crippen LogP contribution is -2.19. The number of para-hydroxylation sites is 1. The van der Waals surface area contributed by atoms with Crippen molar-refractivity contribution in [1.29, 1.82) is 0 Å². The lowest BCUT2D eigenvalue weighted by molar-refractivity contribution is 0.660. The Balaban J connectivity index is 1.73. The van der Waals surface area contributed by atoms with Crippen LogP contribution in [-0.4, -0.2) is 15.0 Å². The molecule has 3 rings (SSSR count). The highest BCUT2D eigenvalue weighted by molar-refractivity contribution is 7.09. The van der Waals surface area contributed by atoms with Crippen molar-refractivity contribution >= 4 is 22.2 Å². The van der Waals surface area contributed by atoms with Gasteiger partial charge in [0.25, 0.3) is 5.56 Å². The van der Waals surface area contributed by atoms with Crippen molar-refractivity contribution < 1.29 is 0 Å². The van der Waals surface area contributed by atoms with Crippen LogP contribution in [0.25, 0.3) is 10.9 Å². The summed E-state index contributed by atoms with van der Waals surface area (Å²) in [6, 6.07) is 7.33. The fraction of sp³-hybridized carbons (Fsp3) is 0.214. The first-order chi connectivity index (χ1) is 9.72. The van der Waals surface area contributed by atoms with Crippen LogP contribution in [0.5, 0.6) is 0 Å². The summed E-state index contributed by atoms with van der Waals surface area (Å²) in [5, 5.41) is 6.91. The number of H-pyrrole nitrogens is 1. The zero-order valence-electron chi connectivity index (χ0n) is 11.0. The topological polar surface area (TPSA) is 70.7 Å². The third-order valence-corrected chi connectivity index (χ3v) is 3.86. The molecule has 0 aliphatic carbocycles. The summed E-state index contributed by atoms with van der Waals surface area (Å²) in [6.07, 6.45) is 0. The van der Waals surface area contributed by atoms with Gasteiger partial charge in [-0.05, 0) is 19.1 Å². The highest BCUT2D eigenvalue weighted by atomic mass is 32.1. The number of hydrogen-bond acceptors (Lipinski definition) is 5. The van der Waals surface area contributed by atoms with Crippen LogP contribution in [0.2, 0.25) is 0 Å². The summed E-state index contributed by atoms with van der Waals surface area (Å²) in [5.74, 6) is 0.641. The Kier molecular flexibility index (Phi) is 3.58. The number of thiazole rings is 1. The molecule has 5 nitrogen and oxygen atoms in total. The van der Waals surface area contributed by atoms with E-state index in [1.165, 1.54) is 0 Å². The van der Waals surface area contributed by atoms with Gasteiger partial charge in [-0.2, -0.15) is 0 Å². The SMILES string of the molecule is Cc1csc(CNCc2nc3ccccc3c(=O)[nH]2)n1. The molecule has 2 aromatic heterocycles. The van der Waals surface area contributed by atoms with Crippen molar-refractivity contribution in [2.24, 2.45) is 0 Å². The number of aromatic amines is 1. The highest BCUT2D eigenvalue weighted by Crippen LogP contribution is 2.08. The van der Waals surface area contributed by atoms with E-state index in [0.29, 0.717) is 24.3 Å². The summed E-state index contributed by atoms with van der Waals surface area (Å²) in [7, 11) is 0. The average molecular weight is 286 g/mol. The monoisotopic (exact) mass is 286 g/mol. The van der Waals surface area contributed by atoms with Gasteiger partial charge in [0.15, 0.2) is 0 Å². The third kappa shape index (κ3) is 2.76. The van der Waals surface area contributed by atoms with E-state index in [9.17, 15) is 4.79 Å². The third-order valence-electron chi connectivity index (χ3n) is 2.90. The highest BCUT2D eigenvalue weighted by Gasteiger charge is 2.03. The number of aryl methyl sites for hydroxylation is 1. The van der Waals surface area contributed by atoms with Crippen molar-refractivity contribution in [2.75, 3.05) is 0 Å². The number of benzene rings is 1. The van der Waals surface area contributed by atoms with E-state index in [4.69, 9.17) is 0 Å². The Morgan fingerprint density at radius 1 is 1.25 bits per heavy atom. The van der Waals surface area contributed by atoms with Gasteiger partial charge in [-0.25, -0.2) is 9.97 Å². The summed E-state index contributed by atoms with van der Waals surface area (Å²) in [6.45, 7) is 3.16. The molecule has 2 heterocycles. The molecule has 6 heteroatoms. The van der Waals surface area contributed by atoms with E-state index >= 15 is 0 Å². The second-order valence-electron chi connectivity index (χ2n) is 4.52. The first kappa shape index (κ1) is 13.0. The minimum Gasteiger partial charge on any atom is -0.309 e. The predicted octanol–water partition coefficient (Wildman–Crippen LogP) is 1.98. The Morgan fingerprint density at radius 3 is 2.90 bits per heavy atom. The van der Waals surface area contributed by atoms with Crippen LogP contribution < -0.4 is 10.9 Å². The van der Waals surface area contributed by atoms with E-state index in [-0.39, 0.29) is 5.56 Å². The Labute approximate surface area is 119 Å². The number of fused-ring (bicyclic) bond motifs is 1. The van der Waals surface area contributed by atoms with Crippen LogP contribution in [0.3, 0.4) is 0 Å². The molecule has 0 spiro atoms. The predicted molar refractivity (Wildman–Crippen MR) is 79.8 cm³/mol. The van der Waals surface area contributed by atoms with Gasteiger partial charge in [-0.15, -0.1) is 11.3 Å². The van der Waals surface area contributed by atoms with Crippen molar-refractivity contribution in [2.45, 2.75) is 20.0 Å². The average Bonchev–Trinajstić information content (AvgIpc) is 2.85. The van der Waals surface area contributed by atoms with Gasteiger partial charge in [0, 0.05) is 17.6 Å². The van der Waals surface area contributed by atoms with Crippen LogP contribution in [0.15, 0.2) is 34.4 Å². The second-order valence-corrected chi connectivity index (χ2v) is 5.46. The molecule has 1 aromatic carbocycles. The molecule has 20 heavy (non-hydrogen) atoms. The van der Waals surface area contributed by atoms with Gasteiger partial charge < -0.3 is 10.3 Å². The van der Waals surface area contributed by atoms with Gasteiger partial charge in [0.05, 0.1) is 17.4 Å². The van der Waals surface area contributed by atoms with E-state index in [1.807, 2.05) is 30.5 Å². The van der Waals surface area contributed by atoms with Crippen LogP contribution in [0.1, 0.15) is 16.5 Å². The van der Waals surface area contributed by atoms with Gasteiger partial charge >= 0.3 is 0 Å². The number of aromatic nitrogens is 3. The minimum atomic E-state index is -0.0995. The van der Waals surface area contributed by atoms with Gasteiger partial charge in [0.1, 0.15) is 10.8 Å². The summed E-state index contributed by atoms with van der Waals surface area (Å²) in [5.41, 5.74) is 1.65. The molecule has 0 aliphatic heterocycles.